The fraction of sp³-hybridized carbons (Fsp3) is 0.273. The highest BCUT2D eigenvalue weighted by Crippen LogP contribution is 2.32. The molecule has 1 heterocycles. The number of hydrogen-bond donors (Lipinski definition) is 1. The molecule has 1 amide bonds. The number of fused-ring (bicyclic) bond motifs is 1. The van der Waals surface area contributed by atoms with E-state index in [4.69, 9.17) is 10.5 Å². The molecule has 5 heteroatoms. The normalized spacial score (nSPS) is 17.8. The molecule has 0 saturated heterocycles. The molecule has 16 heavy (non-hydrogen) atoms. The fourth-order valence-electron chi connectivity index (χ4n) is 1.76. The van der Waals surface area contributed by atoms with Crippen LogP contribution in [0.1, 0.15) is 34.5 Å². The first-order valence-corrected chi connectivity index (χ1v) is 4.84. The van der Waals surface area contributed by atoms with Crippen molar-refractivity contribution in [3.63, 3.8) is 0 Å². The third-order valence-electron chi connectivity index (χ3n) is 2.48. The van der Waals surface area contributed by atoms with Crippen molar-refractivity contribution in [3.8, 4) is 0 Å². The van der Waals surface area contributed by atoms with Gasteiger partial charge in [0.1, 0.15) is 12.7 Å². The Kier molecular flexibility index (Phi) is 2.52. The smallest absolute Gasteiger partial charge is 0.404 e. The molecule has 1 atom stereocenters. The SMILES string of the molecule is CC1OC(=O)c2c(COC(N)=O)cccc21. The van der Waals surface area contributed by atoms with Gasteiger partial charge in [0.25, 0.3) is 0 Å². The highest BCUT2D eigenvalue weighted by atomic mass is 16.6. The number of amides is 1. The summed E-state index contributed by atoms with van der Waals surface area (Å²) in [6, 6.07) is 5.32. The molecule has 1 aliphatic heterocycles. The lowest BCUT2D eigenvalue weighted by atomic mass is 10.0. The zero-order valence-electron chi connectivity index (χ0n) is 8.73. The third-order valence-corrected chi connectivity index (χ3v) is 2.48. The number of hydrogen-bond acceptors (Lipinski definition) is 4. The van der Waals surface area contributed by atoms with Crippen molar-refractivity contribution in [1.29, 1.82) is 0 Å². The van der Waals surface area contributed by atoms with Gasteiger partial charge in [0.15, 0.2) is 0 Å². The minimum atomic E-state index is -0.864. The first-order valence-electron chi connectivity index (χ1n) is 4.84. The molecule has 1 aliphatic rings. The maximum absolute atomic E-state index is 11.5. The van der Waals surface area contributed by atoms with Gasteiger partial charge < -0.3 is 15.2 Å². The number of cyclic esters (lactones) is 1. The zero-order chi connectivity index (χ0) is 11.7. The molecule has 2 rings (SSSR count). The summed E-state index contributed by atoms with van der Waals surface area (Å²) >= 11 is 0. The molecule has 1 aromatic carbocycles. The summed E-state index contributed by atoms with van der Waals surface area (Å²) < 4.78 is 9.74. The number of ether oxygens (including phenoxy) is 2. The molecule has 0 saturated carbocycles. The minimum absolute atomic E-state index is 0.0136. The van der Waals surface area contributed by atoms with E-state index in [-0.39, 0.29) is 18.7 Å². The average Bonchev–Trinajstić information content (AvgIpc) is 2.52. The van der Waals surface area contributed by atoms with Crippen molar-refractivity contribution >= 4 is 12.1 Å². The lowest BCUT2D eigenvalue weighted by Gasteiger charge is -2.05. The number of carbonyl (C=O) groups is 2. The van der Waals surface area contributed by atoms with E-state index in [1.807, 2.05) is 6.07 Å². The minimum Gasteiger partial charge on any atom is -0.454 e. The summed E-state index contributed by atoms with van der Waals surface area (Å²) in [7, 11) is 0. The van der Waals surface area contributed by atoms with Crippen LogP contribution in [0.5, 0.6) is 0 Å². The van der Waals surface area contributed by atoms with Crippen LogP contribution in [0.2, 0.25) is 0 Å². The van der Waals surface area contributed by atoms with Gasteiger partial charge in [-0.1, -0.05) is 18.2 Å². The van der Waals surface area contributed by atoms with Gasteiger partial charge >= 0.3 is 12.1 Å². The van der Waals surface area contributed by atoms with E-state index < -0.39 is 6.09 Å². The molecular weight excluding hydrogens is 210 g/mol. The first kappa shape index (κ1) is 10.5. The highest BCUT2D eigenvalue weighted by molar-refractivity contribution is 5.95. The van der Waals surface area contributed by atoms with Crippen molar-refractivity contribution < 1.29 is 19.1 Å². The second kappa shape index (κ2) is 3.84. The molecule has 5 nitrogen and oxygen atoms in total. The maximum atomic E-state index is 11.5. The summed E-state index contributed by atoms with van der Waals surface area (Å²) in [6.45, 7) is 1.78. The molecule has 0 fully saturated rings. The molecule has 2 N–H and O–H groups in total. The van der Waals surface area contributed by atoms with E-state index in [9.17, 15) is 9.59 Å². The molecular formula is C11H11NO4. The topological polar surface area (TPSA) is 78.6 Å². The Labute approximate surface area is 92.1 Å². The molecule has 0 aromatic heterocycles. The van der Waals surface area contributed by atoms with Crippen LogP contribution in [0.25, 0.3) is 0 Å². The van der Waals surface area contributed by atoms with E-state index in [1.54, 1.807) is 19.1 Å². The number of rotatable bonds is 2. The Hall–Kier alpha value is -2.04. The summed E-state index contributed by atoms with van der Waals surface area (Å²) in [5.41, 5.74) is 6.78. The number of primary amides is 1. The maximum Gasteiger partial charge on any atom is 0.404 e. The Bertz CT molecular complexity index is 455. The van der Waals surface area contributed by atoms with Crippen LogP contribution in [-0.4, -0.2) is 12.1 Å². The van der Waals surface area contributed by atoms with E-state index in [0.29, 0.717) is 11.1 Å². The standard InChI is InChI=1S/C11H11NO4/c1-6-8-4-2-3-7(5-15-11(12)14)9(8)10(13)16-6/h2-4,6H,5H2,1H3,(H2,12,14). The van der Waals surface area contributed by atoms with Gasteiger partial charge in [-0.05, 0) is 6.92 Å². The quantitative estimate of drug-likeness (QED) is 0.768. The fourth-order valence-corrected chi connectivity index (χ4v) is 1.76. The highest BCUT2D eigenvalue weighted by Gasteiger charge is 2.30. The van der Waals surface area contributed by atoms with Gasteiger partial charge in [-0.25, -0.2) is 9.59 Å². The van der Waals surface area contributed by atoms with E-state index in [1.165, 1.54) is 0 Å². The third kappa shape index (κ3) is 1.71. The first-order chi connectivity index (χ1) is 7.59. The predicted octanol–water partition coefficient (Wildman–Crippen LogP) is 1.51. The van der Waals surface area contributed by atoms with Crippen LogP contribution in [0.4, 0.5) is 4.79 Å². The van der Waals surface area contributed by atoms with E-state index in [2.05, 4.69) is 4.74 Å². The monoisotopic (exact) mass is 221 g/mol. The number of esters is 1. The molecule has 0 radical (unpaired) electrons. The molecule has 84 valence electrons. The van der Waals surface area contributed by atoms with Crippen LogP contribution in [0, 0.1) is 0 Å². The van der Waals surface area contributed by atoms with E-state index >= 15 is 0 Å². The number of nitrogens with two attached hydrogens (primary N) is 1. The molecule has 1 unspecified atom stereocenters. The van der Waals surface area contributed by atoms with Crippen LogP contribution in [0.3, 0.4) is 0 Å². The Balaban J connectivity index is 2.34. The lowest BCUT2D eigenvalue weighted by Crippen LogP contribution is -2.14. The number of benzene rings is 1. The Morgan fingerprint density at radius 2 is 2.31 bits per heavy atom. The Morgan fingerprint density at radius 3 is 3.00 bits per heavy atom. The molecule has 0 spiro atoms. The Morgan fingerprint density at radius 1 is 1.56 bits per heavy atom. The average molecular weight is 221 g/mol. The van der Waals surface area contributed by atoms with E-state index in [0.717, 1.165) is 5.56 Å². The second-order valence-electron chi connectivity index (χ2n) is 3.54. The van der Waals surface area contributed by atoms with Gasteiger partial charge in [-0.3, -0.25) is 0 Å². The largest absolute Gasteiger partial charge is 0.454 e. The zero-order valence-corrected chi connectivity index (χ0v) is 8.73. The van der Waals surface area contributed by atoms with Crippen molar-refractivity contribution in [1.82, 2.24) is 0 Å². The van der Waals surface area contributed by atoms with Gasteiger partial charge in [0, 0.05) is 11.1 Å². The van der Waals surface area contributed by atoms with Crippen molar-refractivity contribution in [2.75, 3.05) is 0 Å². The van der Waals surface area contributed by atoms with Crippen LogP contribution in [-0.2, 0) is 16.1 Å². The van der Waals surface area contributed by atoms with Gasteiger partial charge in [0.05, 0.1) is 5.56 Å². The lowest BCUT2D eigenvalue weighted by molar-refractivity contribution is 0.0419. The van der Waals surface area contributed by atoms with Crippen LogP contribution < -0.4 is 5.73 Å². The summed E-state index contributed by atoms with van der Waals surface area (Å²) in [5.74, 6) is -0.383. The van der Waals surface area contributed by atoms with Crippen molar-refractivity contribution in [2.45, 2.75) is 19.6 Å². The predicted molar refractivity (Wildman–Crippen MR) is 54.6 cm³/mol. The van der Waals surface area contributed by atoms with Crippen LogP contribution in [0.15, 0.2) is 18.2 Å². The molecule has 1 aromatic rings. The molecule has 0 bridgehead atoms. The molecule has 0 aliphatic carbocycles. The van der Waals surface area contributed by atoms with Crippen LogP contribution >= 0.6 is 0 Å². The van der Waals surface area contributed by atoms with Crippen molar-refractivity contribution in [2.24, 2.45) is 5.73 Å². The number of carbonyl (C=O) groups excluding carboxylic acids is 2. The summed E-state index contributed by atoms with van der Waals surface area (Å²) in [4.78, 5) is 22.0. The van der Waals surface area contributed by atoms with Crippen molar-refractivity contribution in [3.05, 3.63) is 34.9 Å². The summed E-state index contributed by atoms with van der Waals surface area (Å²) in [6.07, 6.45) is -1.12. The van der Waals surface area contributed by atoms with Gasteiger partial charge in [-0.2, -0.15) is 0 Å². The van der Waals surface area contributed by atoms with Gasteiger partial charge in [-0.15, -0.1) is 0 Å². The summed E-state index contributed by atoms with van der Waals surface area (Å²) in [5, 5.41) is 0. The van der Waals surface area contributed by atoms with Gasteiger partial charge in [0.2, 0.25) is 0 Å². The second-order valence-corrected chi connectivity index (χ2v) is 3.54.